The summed E-state index contributed by atoms with van der Waals surface area (Å²) in [5.74, 6) is 0. The Bertz CT molecular complexity index is 603. The maximum Gasteiger partial charge on any atom is 0.216 e. The first kappa shape index (κ1) is 17.4. The molecule has 7 nitrogen and oxygen atoms in total. The minimum absolute atomic E-state index is 0.0641. The first-order valence-corrected chi connectivity index (χ1v) is 9.28. The zero-order chi connectivity index (χ0) is 16.5. The van der Waals surface area contributed by atoms with Gasteiger partial charge in [0, 0.05) is 19.1 Å². The van der Waals surface area contributed by atoms with E-state index >= 15 is 0 Å². The molecule has 1 fully saturated rings. The molecule has 1 aliphatic heterocycles. The van der Waals surface area contributed by atoms with Gasteiger partial charge in [-0.15, -0.1) is 5.10 Å². The lowest BCUT2D eigenvalue weighted by Crippen LogP contribution is -2.39. The van der Waals surface area contributed by atoms with E-state index in [-0.39, 0.29) is 16.8 Å². The van der Waals surface area contributed by atoms with Crippen LogP contribution in [0, 0.1) is 0 Å². The minimum atomic E-state index is -3.24. The highest BCUT2D eigenvalue weighted by molar-refractivity contribution is 7.90. The molecule has 0 amide bonds. The summed E-state index contributed by atoms with van der Waals surface area (Å²) in [7, 11) is -3.24. The van der Waals surface area contributed by atoms with Crippen LogP contribution in [0.4, 0.5) is 0 Å². The summed E-state index contributed by atoms with van der Waals surface area (Å²) in [4.78, 5) is 2.13. The number of hydrogen-bond acceptors (Lipinski definition) is 5. The lowest BCUT2D eigenvalue weighted by atomic mass is 10.1. The van der Waals surface area contributed by atoms with E-state index in [0.717, 1.165) is 12.2 Å². The fraction of sp³-hybridized carbons (Fsp3) is 0.857. The maximum atomic E-state index is 12.2. The molecule has 0 saturated carbocycles. The third-order valence-corrected chi connectivity index (χ3v) is 5.74. The predicted molar refractivity (Wildman–Crippen MR) is 85.9 cm³/mol. The summed E-state index contributed by atoms with van der Waals surface area (Å²) in [6.45, 7) is 11.9. The van der Waals surface area contributed by atoms with Crippen LogP contribution in [-0.4, -0.2) is 52.7 Å². The van der Waals surface area contributed by atoms with E-state index < -0.39 is 10.0 Å². The van der Waals surface area contributed by atoms with E-state index in [0.29, 0.717) is 19.5 Å². The molecule has 1 atom stereocenters. The molecule has 22 heavy (non-hydrogen) atoms. The van der Waals surface area contributed by atoms with Crippen LogP contribution in [-0.2, 0) is 22.1 Å². The molecule has 1 aromatic heterocycles. The van der Waals surface area contributed by atoms with Crippen molar-refractivity contribution in [2.24, 2.45) is 0 Å². The van der Waals surface area contributed by atoms with Crippen LogP contribution < -0.4 is 4.72 Å². The minimum Gasteiger partial charge on any atom is -0.296 e. The Morgan fingerprint density at radius 1 is 1.41 bits per heavy atom. The molecule has 0 aliphatic carbocycles. The van der Waals surface area contributed by atoms with Gasteiger partial charge in [-0.1, -0.05) is 5.21 Å². The van der Waals surface area contributed by atoms with Crippen molar-refractivity contribution in [3.8, 4) is 0 Å². The monoisotopic (exact) mass is 329 g/mol. The molecule has 2 heterocycles. The summed E-state index contributed by atoms with van der Waals surface area (Å²) in [6, 6.07) is -0.0641. The first-order chi connectivity index (χ1) is 10.1. The van der Waals surface area contributed by atoms with Gasteiger partial charge in [0.05, 0.1) is 22.7 Å². The van der Waals surface area contributed by atoms with Crippen molar-refractivity contribution in [3.05, 3.63) is 11.9 Å². The number of hydrogen-bond donors (Lipinski definition) is 1. The second-order valence-corrected chi connectivity index (χ2v) is 9.28. The average Bonchev–Trinajstić information content (AvgIpc) is 2.96. The molecule has 0 radical (unpaired) electrons. The van der Waals surface area contributed by atoms with Crippen molar-refractivity contribution in [3.63, 3.8) is 0 Å². The molecule has 0 bridgehead atoms. The fourth-order valence-corrected chi connectivity index (χ4v) is 4.22. The summed E-state index contributed by atoms with van der Waals surface area (Å²) in [6.07, 6.45) is 2.60. The van der Waals surface area contributed by atoms with Gasteiger partial charge in [0.2, 0.25) is 10.0 Å². The van der Waals surface area contributed by atoms with Gasteiger partial charge >= 0.3 is 0 Å². The highest BCUT2D eigenvalue weighted by Gasteiger charge is 2.33. The normalized spacial score (nSPS) is 20.9. The molecule has 1 saturated heterocycles. The Balaban J connectivity index is 1.95. The molecule has 0 spiro atoms. The van der Waals surface area contributed by atoms with E-state index in [2.05, 4.69) is 40.7 Å². The molecule has 0 aromatic carbocycles. The Hall–Kier alpha value is -0.990. The van der Waals surface area contributed by atoms with Gasteiger partial charge in [0.25, 0.3) is 0 Å². The van der Waals surface area contributed by atoms with Crippen molar-refractivity contribution in [2.75, 3.05) is 13.1 Å². The second kappa shape index (κ2) is 6.25. The molecular formula is C14H27N5O2S. The van der Waals surface area contributed by atoms with Crippen molar-refractivity contribution in [2.45, 2.75) is 64.4 Å². The standard InChI is InChI=1S/C14H27N5O2S/c1-11(2)16-22(20,21)13-6-7-18(10-13)8-12-9-19(17-15-12)14(3,4)5/h9,11,13,16H,6-8,10H2,1-5H3. The van der Waals surface area contributed by atoms with Gasteiger partial charge in [0.15, 0.2) is 0 Å². The van der Waals surface area contributed by atoms with Crippen molar-refractivity contribution in [1.82, 2.24) is 24.6 Å². The number of aromatic nitrogens is 3. The zero-order valence-corrected chi connectivity index (χ0v) is 14.9. The predicted octanol–water partition coefficient (Wildman–Crippen LogP) is 0.935. The van der Waals surface area contributed by atoms with Crippen LogP contribution in [0.2, 0.25) is 0 Å². The van der Waals surface area contributed by atoms with Crippen LogP contribution in [0.3, 0.4) is 0 Å². The molecule has 1 aromatic rings. The van der Waals surface area contributed by atoms with Crippen LogP contribution in [0.1, 0.15) is 46.7 Å². The molecular weight excluding hydrogens is 302 g/mol. The fourth-order valence-electron chi connectivity index (χ4n) is 2.55. The van der Waals surface area contributed by atoms with Crippen molar-refractivity contribution in [1.29, 1.82) is 0 Å². The Morgan fingerprint density at radius 2 is 2.09 bits per heavy atom. The average molecular weight is 329 g/mol. The topological polar surface area (TPSA) is 80.1 Å². The highest BCUT2D eigenvalue weighted by Crippen LogP contribution is 2.19. The highest BCUT2D eigenvalue weighted by atomic mass is 32.2. The smallest absolute Gasteiger partial charge is 0.216 e. The third-order valence-electron chi connectivity index (χ3n) is 3.68. The van der Waals surface area contributed by atoms with E-state index in [4.69, 9.17) is 0 Å². The molecule has 1 aliphatic rings. The number of nitrogens with zero attached hydrogens (tertiary/aromatic N) is 4. The van der Waals surface area contributed by atoms with Crippen LogP contribution in [0.5, 0.6) is 0 Å². The van der Waals surface area contributed by atoms with E-state index in [1.807, 2.05) is 24.7 Å². The number of nitrogens with one attached hydrogen (secondary N) is 1. The Kier molecular flexibility index (Phi) is 4.93. The Morgan fingerprint density at radius 3 is 2.64 bits per heavy atom. The largest absolute Gasteiger partial charge is 0.296 e. The van der Waals surface area contributed by atoms with Gasteiger partial charge in [-0.3, -0.25) is 4.90 Å². The zero-order valence-electron chi connectivity index (χ0n) is 14.1. The lowest BCUT2D eigenvalue weighted by Gasteiger charge is -2.18. The quantitative estimate of drug-likeness (QED) is 0.869. The van der Waals surface area contributed by atoms with Crippen molar-refractivity contribution >= 4 is 10.0 Å². The van der Waals surface area contributed by atoms with Gasteiger partial charge in [0.1, 0.15) is 0 Å². The van der Waals surface area contributed by atoms with Gasteiger partial charge < -0.3 is 0 Å². The Labute approximate surface area is 133 Å². The molecule has 1 unspecified atom stereocenters. The van der Waals surface area contributed by atoms with Crippen LogP contribution in [0.15, 0.2) is 6.20 Å². The molecule has 2 rings (SSSR count). The van der Waals surface area contributed by atoms with E-state index in [9.17, 15) is 8.42 Å². The SMILES string of the molecule is CC(C)NS(=O)(=O)C1CCN(Cc2cn(C(C)(C)C)nn2)C1. The molecule has 126 valence electrons. The van der Waals surface area contributed by atoms with E-state index in [1.165, 1.54) is 0 Å². The van der Waals surface area contributed by atoms with Crippen molar-refractivity contribution < 1.29 is 8.42 Å². The van der Waals surface area contributed by atoms with E-state index in [1.54, 1.807) is 0 Å². The summed E-state index contributed by atoms with van der Waals surface area (Å²) in [5, 5.41) is 7.99. The van der Waals surface area contributed by atoms with Crippen LogP contribution in [0.25, 0.3) is 0 Å². The maximum absolute atomic E-state index is 12.2. The first-order valence-electron chi connectivity index (χ1n) is 7.73. The number of sulfonamides is 1. The van der Waals surface area contributed by atoms with Crippen LogP contribution >= 0.6 is 0 Å². The summed E-state index contributed by atoms with van der Waals surface area (Å²) < 4.78 is 28.9. The summed E-state index contributed by atoms with van der Waals surface area (Å²) in [5.41, 5.74) is 0.786. The number of rotatable bonds is 5. The van der Waals surface area contributed by atoms with Gasteiger partial charge in [-0.25, -0.2) is 17.8 Å². The second-order valence-electron chi connectivity index (χ2n) is 7.29. The lowest BCUT2D eigenvalue weighted by molar-refractivity contribution is 0.326. The summed E-state index contributed by atoms with van der Waals surface area (Å²) >= 11 is 0. The molecule has 8 heteroatoms. The molecule has 1 N–H and O–H groups in total. The van der Waals surface area contributed by atoms with Gasteiger partial charge in [-0.2, -0.15) is 0 Å². The third kappa shape index (κ3) is 4.27. The van der Waals surface area contributed by atoms with Gasteiger partial charge in [-0.05, 0) is 47.6 Å². The number of likely N-dealkylation sites (tertiary alicyclic amines) is 1.